The summed E-state index contributed by atoms with van der Waals surface area (Å²) in [6.45, 7) is 9.62. The van der Waals surface area contributed by atoms with E-state index in [1.807, 2.05) is 18.2 Å². The number of methoxy groups -OCH3 is 2. The summed E-state index contributed by atoms with van der Waals surface area (Å²) in [5.41, 5.74) is 2.41. The normalized spacial score (nSPS) is 12.1. The van der Waals surface area contributed by atoms with E-state index in [4.69, 9.17) is 9.47 Å². The molecule has 0 spiro atoms. The van der Waals surface area contributed by atoms with Crippen LogP contribution in [0.1, 0.15) is 33.3 Å². The first kappa shape index (κ1) is 16.6. The second kappa shape index (κ2) is 7.95. The van der Waals surface area contributed by atoms with Gasteiger partial charge in [0.2, 0.25) is 0 Å². The highest BCUT2D eigenvalue weighted by Gasteiger charge is 2.08. The van der Waals surface area contributed by atoms with Gasteiger partial charge in [-0.25, -0.2) is 0 Å². The molecule has 0 heterocycles. The van der Waals surface area contributed by atoms with Gasteiger partial charge in [0.05, 0.1) is 14.2 Å². The molecule has 1 aromatic carbocycles. The monoisotopic (exact) mass is 277 g/mol. The van der Waals surface area contributed by atoms with Crippen molar-refractivity contribution in [1.82, 2.24) is 5.32 Å². The van der Waals surface area contributed by atoms with Crippen molar-refractivity contribution in [1.29, 1.82) is 0 Å². The molecule has 0 aliphatic heterocycles. The Morgan fingerprint density at radius 2 is 1.85 bits per heavy atom. The largest absolute Gasteiger partial charge is 0.497 e. The highest BCUT2D eigenvalue weighted by Crippen LogP contribution is 2.27. The molecular formula is C17H27NO2. The molecule has 0 saturated carbocycles. The fourth-order valence-electron chi connectivity index (χ4n) is 1.90. The van der Waals surface area contributed by atoms with Crippen LogP contribution >= 0.6 is 0 Å². The summed E-state index contributed by atoms with van der Waals surface area (Å²) < 4.78 is 10.7. The Labute approximate surface area is 123 Å². The van der Waals surface area contributed by atoms with Crippen LogP contribution in [-0.2, 0) is 0 Å². The molecule has 0 bridgehead atoms. The first-order valence-corrected chi connectivity index (χ1v) is 7.13. The molecule has 0 aliphatic rings. The highest BCUT2D eigenvalue weighted by atomic mass is 16.5. The molecule has 0 fully saturated rings. The molecule has 3 nitrogen and oxygen atoms in total. The van der Waals surface area contributed by atoms with Crippen molar-refractivity contribution in [3.63, 3.8) is 0 Å². The highest BCUT2D eigenvalue weighted by molar-refractivity contribution is 5.62. The van der Waals surface area contributed by atoms with Crippen LogP contribution in [0, 0.1) is 5.92 Å². The molecule has 1 rings (SSSR count). The second-order valence-electron chi connectivity index (χ2n) is 5.52. The molecule has 112 valence electrons. The average Bonchev–Trinajstić information content (AvgIpc) is 2.42. The van der Waals surface area contributed by atoms with Crippen molar-refractivity contribution < 1.29 is 9.47 Å². The van der Waals surface area contributed by atoms with Gasteiger partial charge in [-0.2, -0.15) is 0 Å². The van der Waals surface area contributed by atoms with Gasteiger partial charge >= 0.3 is 0 Å². The van der Waals surface area contributed by atoms with Gasteiger partial charge in [-0.3, -0.25) is 0 Å². The molecule has 1 N–H and O–H groups in total. The Morgan fingerprint density at radius 3 is 2.35 bits per heavy atom. The molecule has 0 radical (unpaired) electrons. The molecule has 1 aromatic rings. The summed E-state index contributed by atoms with van der Waals surface area (Å²) in [4.78, 5) is 0. The predicted molar refractivity (Wildman–Crippen MR) is 85.5 cm³/mol. The molecule has 0 aliphatic carbocycles. The summed E-state index contributed by atoms with van der Waals surface area (Å²) in [5, 5.41) is 3.47. The van der Waals surface area contributed by atoms with Crippen molar-refractivity contribution in [3.8, 4) is 11.5 Å². The van der Waals surface area contributed by atoms with Gasteiger partial charge in [0.25, 0.3) is 0 Å². The van der Waals surface area contributed by atoms with Crippen LogP contribution in [0.15, 0.2) is 23.8 Å². The third-order valence-electron chi connectivity index (χ3n) is 3.23. The van der Waals surface area contributed by atoms with Crippen molar-refractivity contribution in [2.24, 2.45) is 5.92 Å². The molecular weight excluding hydrogens is 250 g/mol. The summed E-state index contributed by atoms with van der Waals surface area (Å²) in [5.74, 6) is 2.20. The van der Waals surface area contributed by atoms with E-state index in [1.54, 1.807) is 14.2 Å². The lowest BCUT2D eigenvalue weighted by atomic mass is 9.99. The number of hydrogen-bond donors (Lipinski definition) is 1. The molecule has 3 heteroatoms. The fourth-order valence-corrected chi connectivity index (χ4v) is 1.90. The van der Waals surface area contributed by atoms with Crippen LogP contribution in [0.25, 0.3) is 6.08 Å². The molecule has 20 heavy (non-hydrogen) atoms. The quantitative estimate of drug-likeness (QED) is 0.823. The Bertz CT molecular complexity index is 450. The van der Waals surface area contributed by atoms with E-state index in [0.29, 0.717) is 12.0 Å². The van der Waals surface area contributed by atoms with Crippen LogP contribution in [0.3, 0.4) is 0 Å². The van der Waals surface area contributed by atoms with Gasteiger partial charge in [-0.1, -0.05) is 39.3 Å². The van der Waals surface area contributed by atoms with E-state index < -0.39 is 0 Å². The maximum Gasteiger partial charge on any atom is 0.126 e. The van der Waals surface area contributed by atoms with E-state index >= 15 is 0 Å². The van der Waals surface area contributed by atoms with Crippen molar-refractivity contribution >= 4 is 6.08 Å². The lowest BCUT2D eigenvalue weighted by molar-refractivity contribution is 0.402. The zero-order valence-corrected chi connectivity index (χ0v) is 13.5. The van der Waals surface area contributed by atoms with Gasteiger partial charge in [0, 0.05) is 18.2 Å². The molecule has 0 atom stereocenters. The SMILES string of the molecule is COc1ccc(OC)c(C=C(CNC(C)C)C(C)C)c1. The summed E-state index contributed by atoms with van der Waals surface area (Å²) in [6, 6.07) is 6.34. The predicted octanol–water partition coefficient (Wildman–Crippen LogP) is 3.74. The van der Waals surface area contributed by atoms with Gasteiger partial charge in [-0.05, 0) is 24.1 Å². The Hall–Kier alpha value is -1.48. The zero-order chi connectivity index (χ0) is 15.1. The molecule has 0 aromatic heterocycles. The van der Waals surface area contributed by atoms with E-state index in [2.05, 4.69) is 39.1 Å². The smallest absolute Gasteiger partial charge is 0.126 e. The fraction of sp³-hybridized carbons (Fsp3) is 0.529. The summed E-state index contributed by atoms with van der Waals surface area (Å²) in [6.07, 6.45) is 2.20. The first-order valence-electron chi connectivity index (χ1n) is 7.13. The Morgan fingerprint density at radius 1 is 1.15 bits per heavy atom. The van der Waals surface area contributed by atoms with E-state index in [1.165, 1.54) is 5.57 Å². The van der Waals surface area contributed by atoms with Crippen LogP contribution in [0.5, 0.6) is 11.5 Å². The number of nitrogens with one attached hydrogen (secondary N) is 1. The number of ether oxygens (including phenoxy) is 2. The second-order valence-corrected chi connectivity index (χ2v) is 5.52. The van der Waals surface area contributed by atoms with Gasteiger partial charge in [-0.15, -0.1) is 0 Å². The lowest BCUT2D eigenvalue weighted by Crippen LogP contribution is -2.26. The average molecular weight is 277 g/mol. The van der Waals surface area contributed by atoms with E-state index in [9.17, 15) is 0 Å². The van der Waals surface area contributed by atoms with E-state index in [-0.39, 0.29) is 0 Å². The van der Waals surface area contributed by atoms with Crippen molar-refractivity contribution in [2.75, 3.05) is 20.8 Å². The third kappa shape index (κ3) is 4.89. The van der Waals surface area contributed by atoms with E-state index in [0.717, 1.165) is 23.6 Å². The molecule has 0 amide bonds. The Balaban J connectivity index is 3.08. The maximum atomic E-state index is 5.43. The van der Waals surface area contributed by atoms with Gasteiger partial charge in [0.1, 0.15) is 11.5 Å². The van der Waals surface area contributed by atoms with Gasteiger partial charge < -0.3 is 14.8 Å². The van der Waals surface area contributed by atoms with Crippen molar-refractivity contribution in [2.45, 2.75) is 33.7 Å². The maximum absolute atomic E-state index is 5.43. The molecule has 0 unspecified atom stereocenters. The van der Waals surface area contributed by atoms with Crippen LogP contribution < -0.4 is 14.8 Å². The van der Waals surface area contributed by atoms with Crippen LogP contribution in [0.2, 0.25) is 0 Å². The van der Waals surface area contributed by atoms with Crippen LogP contribution in [-0.4, -0.2) is 26.8 Å². The minimum Gasteiger partial charge on any atom is -0.497 e. The number of benzene rings is 1. The van der Waals surface area contributed by atoms with Gasteiger partial charge in [0.15, 0.2) is 0 Å². The minimum absolute atomic E-state index is 0.476. The standard InChI is InChI=1S/C17H27NO2/c1-12(2)15(11-18-13(3)4)9-14-10-16(19-5)7-8-17(14)20-6/h7-10,12-13,18H,11H2,1-6H3. The minimum atomic E-state index is 0.476. The number of hydrogen-bond acceptors (Lipinski definition) is 3. The number of rotatable bonds is 7. The Kier molecular flexibility index (Phi) is 6.59. The van der Waals surface area contributed by atoms with Crippen LogP contribution in [0.4, 0.5) is 0 Å². The zero-order valence-electron chi connectivity index (χ0n) is 13.5. The van der Waals surface area contributed by atoms with Crippen molar-refractivity contribution in [3.05, 3.63) is 29.3 Å². The first-order chi connectivity index (χ1) is 9.47. The topological polar surface area (TPSA) is 30.5 Å². The summed E-state index contributed by atoms with van der Waals surface area (Å²) in [7, 11) is 3.37. The lowest BCUT2D eigenvalue weighted by Gasteiger charge is -2.16. The summed E-state index contributed by atoms with van der Waals surface area (Å²) >= 11 is 0. The third-order valence-corrected chi connectivity index (χ3v) is 3.23. The molecule has 0 saturated heterocycles.